The van der Waals surface area contributed by atoms with Gasteiger partial charge in [0.2, 0.25) is 0 Å². The van der Waals surface area contributed by atoms with Crippen LogP contribution >= 0.6 is 0 Å². The van der Waals surface area contributed by atoms with Crippen LogP contribution in [-0.4, -0.2) is 15.0 Å². The third-order valence-corrected chi connectivity index (χ3v) is 12.9. The maximum absolute atomic E-state index is 6.53. The summed E-state index contributed by atoms with van der Waals surface area (Å²) in [7, 11) is 0. The van der Waals surface area contributed by atoms with Gasteiger partial charge in [-0.05, 0) is 97.1 Å². The zero-order valence-electron chi connectivity index (χ0n) is 35.5. The lowest BCUT2D eigenvalue weighted by atomic mass is 9.80. The molecular weight excluding hydrogens is 779 g/mol. The van der Waals surface area contributed by atoms with Gasteiger partial charge >= 0.3 is 0 Å². The fourth-order valence-electron chi connectivity index (χ4n) is 9.81. The van der Waals surface area contributed by atoms with Crippen molar-refractivity contribution in [3.8, 4) is 89.8 Å². The van der Waals surface area contributed by atoms with Gasteiger partial charge in [0, 0.05) is 32.9 Å². The summed E-state index contributed by atoms with van der Waals surface area (Å²) in [6, 6.07) is 74.9. The first-order chi connectivity index (χ1) is 31.5. The SMILES string of the molecule is CC1(C)c2ccccc2-c2cccc(-c3nc(-c4ccc(-c5cccc(-c6ccccc6)c5)cc4)nc(-c4cccc(-c5ccc6c(c5)oc5cccc(-c7ccccc7)c56)c4)n3)c21. The van der Waals surface area contributed by atoms with Gasteiger partial charge in [-0.1, -0.05) is 196 Å². The Kier molecular flexibility index (Phi) is 8.80. The molecule has 4 heteroatoms. The van der Waals surface area contributed by atoms with Crippen molar-refractivity contribution in [1.82, 2.24) is 15.0 Å². The lowest BCUT2D eigenvalue weighted by Gasteiger charge is -2.24. The van der Waals surface area contributed by atoms with Crippen LogP contribution in [0.1, 0.15) is 25.0 Å². The topological polar surface area (TPSA) is 51.8 Å². The number of furan rings is 1. The molecule has 11 aromatic rings. The minimum atomic E-state index is -0.248. The quantitative estimate of drug-likeness (QED) is 0.161. The summed E-state index contributed by atoms with van der Waals surface area (Å²) in [5.74, 6) is 1.89. The van der Waals surface area contributed by atoms with Gasteiger partial charge in [-0.25, -0.2) is 15.0 Å². The molecule has 12 rings (SSSR count). The molecule has 0 unspecified atom stereocenters. The molecule has 9 aromatic carbocycles. The van der Waals surface area contributed by atoms with Crippen molar-refractivity contribution < 1.29 is 4.42 Å². The highest BCUT2D eigenvalue weighted by molar-refractivity contribution is 6.13. The number of aromatic nitrogens is 3. The second kappa shape index (κ2) is 15.0. The molecule has 1 aliphatic carbocycles. The standard InChI is InChI=1S/C60H41N3O/c1-60(2)52-27-10-9-23-48(52)49-25-13-26-51(56(49)60)59-62-57(41-31-29-39(30-32-41)43-20-11-19-42(35-43)38-15-5-3-6-16-38)61-58(63-59)46-22-12-21-44(36-46)45-33-34-50-54(37-45)64-53-28-14-24-47(55(50)53)40-17-7-4-8-18-40/h3-37H,1-2H3. The fraction of sp³-hybridized carbons (Fsp3) is 0.0500. The number of fused-ring (bicyclic) bond motifs is 6. The van der Waals surface area contributed by atoms with E-state index in [9.17, 15) is 0 Å². The number of hydrogen-bond donors (Lipinski definition) is 0. The van der Waals surface area contributed by atoms with Crippen molar-refractivity contribution in [3.63, 3.8) is 0 Å². The Labute approximate surface area is 372 Å². The monoisotopic (exact) mass is 819 g/mol. The van der Waals surface area contributed by atoms with Crippen molar-refractivity contribution >= 4 is 21.9 Å². The molecule has 0 aliphatic heterocycles. The second-order valence-electron chi connectivity index (χ2n) is 17.2. The Morgan fingerprint density at radius 2 is 0.812 bits per heavy atom. The van der Waals surface area contributed by atoms with E-state index in [4.69, 9.17) is 19.4 Å². The molecule has 2 aromatic heterocycles. The molecule has 64 heavy (non-hydrogen) atoms. The van der Waals surface area contributed by atoms with E-state index < -0.39 is 0 Å². The van der Waals surface area contributed by atoms with Gasteiger partial charge in [0.05, 0.1) is 0 Å². The Morgan fingerprint density at radius 1 is 0.328 bits per heavy atom. The first kappa shape index (κ1) is 37.5. The van der Waals surface area contributed by atoms with Crippen LogP contribution in [0.4, 0.5) is 0 Å². The second-order valence-corrected chi connectivity index (χ2v) is 17.2. The molecule has 0 amide bonds. The summed E-state index contributed by atoms with van der Waals surface area (Å²) < 4.78 is 6.53. The molecule has 0 saturated carbocycles. The fourth-order valence-corrected chi connectivity index (χ4v) is 9.81. The van der Waals surface area contributed by atoms with Gasteiger partial charge in [-0.3, -0.25) is 0 Å². The van der Waals surface area contributed by atoms with Crippen LogP contribution in [0.3, 0.4) is 0 Å². The predicted molar refractivity (Wildman–Crippen MR) is 263 cm³/mol. The van der Waals surface area contributed by atoms with Crippen molar-refractivity contribution in [2.24, 2.45) is 0 Å². The Bertz CT molecular complexity index is 3570. The van der Waals surface area contributed by atoms with E-state index in [1.54, 1.807) is 0 Å². The zero-order valence-corrected chi connectivity index (χ0v) is 35.5. The lowest BCUT2D eigenvalue weighted by molar-refractivity contribution is 0.661. The van der Waals surface area contributed by atoms with Crippen molar-refractivity contribution in [3.05, 3.63) is 223 Å². The van der Waals surface area contributed by atoms with Gasteiger partial charge < -0.3 is 4.42 Å². The Hall–Kier alpha value is -8.21. The maximum Gasteiger partial charge on any atom is 0.164 e. The third kappa shape index (κ3) is 6.34. The molecule has 0 bridgehead atoms. The van der Waals surface area contributed by atoms with Crippen molar-refractivity contribution in [2.45, 2.75) is 19.3 Å². The minimum absolute atomic E-state index is 0.248. The molecule has 1 aliphatic rings. The van der Waals surface area contributed by atoms with Crippen molar-refractivity contribution in [1.29, 1.82) is 0 Å². The van der Waals surface area contributed by atoms with E-state index in [0.717, 1.165) is 66.4 Å². The molecule has 302 valence electrons. The van der Waals surface area contributed by atoms with Crippen LogP contribution in [0.15, 0.2) is 217 Å². The van der Waals surface area contributed by atoms with Gasteiger partial charge in [0.25, 0.3) is 0 Å². The van der Waals surface area contributed by atoms with Crippen LogP contribution in [0, 0.1) is 0 Å². The number of rotatable bonds is 7. The smallest absolute Gasteiger partial charge is 0.164 e. The third-order valence-electron chi connectivity index (χ3n) is 12.9. The highest BCUT2D eigenvalue weighted by atomic mass is 16.3. The molecule has 2 heterocycles. The summed E-state index contributed by atoms with van der Waals surface area (Å²) in [5.41, 5.74) is 18.4. The molecule has 0 saturated heterocycles. The molecule has 0 atom stereocenters. The van der Waals surface area contributed by atoms with Gasteiger partial charge in [0.15, 0.2) is 17.5 Å². The Balaban J connectivity index is 0.970. The predicted octanol–water partition coefficient (Wildman–Crippen LogP) is 15.7. The molecule has 0 fully saturated rings. The van der Waals surface area contributed by atoms with Crippen LogP contribution in [-0.2, 0) is 5.41 Å². The molecule has 0 N–H and O–H groups in total. The largest absolute Gasteiger partial charge is 0.456 e. The summed E-state index contributed by atoms with van der Waals surface area (Å²) in [6.07, 6.45) is 0. The van der Waals surface area contributed by atoms with E-state index in [1.165, 1.54) is 38.9 Å². The number of nitrogens with zero attached hydrogens (tertiary/aromatic N) is 3. The van der Waals surface area contributed by atoms with Gasteiger partial charge in [-0.15, -0.1) is 0 Å². The summed E-state index contributed by atoms with van der Waals surface area (Å²) in [4.78, 5) is 15.8. The summed E-state index contributed by atoms with van der Waals surface area (Å²) >= 11 is 0. The van der Waals surface area contributed by atoms with Crippen molar-refractivity contribution in [2.75, 3.05) is 0 Å². The molecule has 4 nitrogen and oxygen atoms in total. The number of hydrogen-bond acceptors (Lipinski definition) is 4. The maximum atomic E-state index is 6.53. The minimum Gasteiger partial charge on any atom is -0.456 e. The van der Waals surface area contributed by atoms with Gasteiger partial charge in [-0.2, -0.15) is 0 Å². The molecule has 0 radical (unpaired) electrons. The van der Waals surface area contributed by atoms with Gasteiger partial charge in [0.1, 0.15) is 11.2 Å². The average molecular weight is 820 g/mol. The molecular formula is C60H41N3O. The first-order valence-corrected chi connectivity index (χ1v) is 21.8. The molecule has 0 spiro atoms. The van der Waals surface area contributed by atoms with E-state index in [-0.39, 0.29) is 5.41 Å². The normalized spacial score (nSPS) is 12.7. The first-order valence-electron chi connectivity index (χ1n) is 21.8. The van der Waals surface area contributed by atoms with Crippen LogP contribution < -0.4 is 0 Å². The van der Waals surface area contributed by atoms with E-state index in [1.807, 2.05) is 6.07 Å². The average Bonchev–Trinajstić information content (AvgIpc) is 3.86. The number of benzene rings is 9. The van der Waals surface area contributed by atoms with Crippen LogP contribution in [0.2, 0.25) is 0 Å². The summed E-state index contributed by atoms with van der Waals surface area (Å²) in [6.45, 7) is 4.61. The van der Waals surface area contributed by atoms with Crippen LogP contribution in [0.5, 0.6) is 0 Å². The zero-order chi connectivity index (χ0) is 42.8. The summed E-state index contributed by atoms with van der Waals surface area (Å²) in [5, 5.41) is 2.22. The highest BCUT2D eigenvalue weighted by Crippen LogP contribution is 2.52. The van der Waals surface area contributed by atoms with E-state index in [2.05, 4.69) is 220 Å². The highest BCUT2D eigenvalue weighted by Gasteiger charge is 2.38. The Morgan fingerprint density at radius 3 is 1.58 bits per heavy atom. The van der Waals surface area contributed by atoms with E-state index in [0.29, 0.717) is 17.5 Å². The lowest BCUT2D eigenvalue weighted by Crippen LogP contribution is -2.17. The van der Waals surface area contributed by atoms with Crippen LogP contribution in [0.25, 0.3) is 112 Å². The van der Waals surface area contributed by atoms with E-state index >= 15 is 0 Å².